The van der Waals surface area contributed by atoms with Gasteiger partial charge in [0.2, 0.25) is 10.0 Å². The molecule has 1 saturated heterocycles. The minimum Gasteiger partial charge on any atom is -0.479 e. The number of hydrogen-bond donors (Lipinski definition) is 2. The Morgan fingerprint density at radius 2 is 1.85 bits per heavy atom. The van der Waals surface area contributed by atoms with Crippen molar-refractivity contribution >= 4 is 16.0 Å². The molecule has 1 heterocycles. The second kappa shape index (κ2) is 4.83. The lowest BCUT2D eigenvalue weighted by atomic mass is 9.98. The van der Waals surface area contributed by atoms with Gasteiger partial charge in [0.15, 0.2) is 5.60 Å². The van der Waals surface area contributed by atoms with Crippen molar-refractivity contribution in [3.05, 3.63) is 29.8 Å². The van der Waals surface area contributed by atoms with E-state index < -0.39 is 34.7 Å². The Labute approximate surface area is 117 Å². The topological polar surface area (TPSA) is 94.9 Å². The molecular weight excluding hydrogens is 282 g/mol. The van der Waals surface area contributed by atoms with Crippen LogP contribution >= 0.6 is 0 Å². The van der Waals surface area contributed by atoms with Crippen LogP contribution in [0.25, 0.3) is 0 Å². The molecule has 20 heavy (non-hydrogen) atoms. The lowest BCUT2D eigenvalue weighted by molar-refractivity contribution is -0.170. The zero-order chi connectivity index (χ0) is 15.1. The fourth-order valence-electron chi connectivity index (χ4n) is 2.17. The summed E-state index contributed by atoms with van der Waals surface area (Å²) >= 11 is 0. The molecule has 0 aromatic heterocycles. The molecule has 0 amide bonds. The molecule has 1 aliphatic heterocycles. The molecule has 0 radical (unpaired) electrons. The van der Waals surface area contributed by atoms with Crippen molar-refractivity contribution in [3.8, 4) is 0 Å². The highest BCUT2D eigenvalue weighted by Gasteiger charge is 2.53. The van der Waals surface area contributed by atoms with E-state index in [0.717, 1.165) is 4.31 Å². The van der Waals surface area contributed by atoms with Gasteiger partial charge in [0.1, 0.15) is 0 Å². The number of aliphatic hydroxyl groups is 1. The Bertz CT molecular complexity index is 632. The average Bonchev–Trinajstić information content (AvgIpc) is 2.34. The summed E-state index contributed by atoms with van der Waals surface area (Å²) in [5.74, 6) is -1.37. The largest absolute Gasteiger partial charge is 0.479 e. The summed E-state index contributed by atoms with van der Waals surface area (Å²) in [6, 6.07) is 6.63. The molecule has 6 nitrogen and oxygen atoms in total. The lowest BCUT2D eigenvalue weighted by Gasteiger charge is -2.42. The van der Waals surface area contributed by atoms with Crippen LogP contribution in [0.1, 0.15) is 25.3 Å². The van der Waals surface area contributed by atoms with Crippen molar-refractivity contribution < 1.29 is 23.4 Å². The van der Waals surface area contributed by atoms with E-state index in [-0.39, 0.29) is 10.8 Å². The van der Waals surface area contributed by atoms with Crippen LogP contribution in [0.4, 0.5) is 0 Å². The molecule has 1 aliphatic rings. The number of hydrogen-bond acceptors (Lipinski definition) is 4. The molecular formula is C13H17NO5S. The van der Waals surface area contributed by atoms with E-state index in [2.05, 4.69) is 0 Å². The van der Waals surface area contributed by atoms with Gasteiger partial charge < -0.3 is 10.2 Å². The van der Waals surface area contributed by atoms with E-state index in [1.54, 1.807) is 18.2 Å². The summed E-state index contributed by atoms with van der Waals surface area (Å²) in [7, 11) is -3.77. The minimum atomic E-state index is -3.77. The highest BCUT2D eigenvalue weighted by atomic mass is 32.2. The predicted molar refractivity (Wildman–Crippen MR) is 71.9 cm³/mol. The van der Waals surface area contributed by atoms with Gasteiger partial charge in [-0.15, -0.1) is 0 Å². The maximum absolute atomic E-state index is 12.5. The quantitative estimate of drug-likeness (QED) is 0.850. The van der Waals surface area contributed by atoms with Crippen LogP contribution in [0.3, 0.4) is 0 Å². The molecule has 0 saturated carbocycles. The van der Waals surface area contributed by atoms with Crippen LogP contribution in [-0.4, -0.2) is 47.6 Å². The third-order valence-corrected chi connectivity index (χ3v) is 5.30. The molecule has 1 fully saturated rings. The fourth-order valence-corrected chi connectivity index (χ4v) is 4.07. The molecule has 0 unspecified atom stereocenters. The van der Waals surface area contributed by atoms with Crippen molar-refractivity contribution in [2.24, 2.45) is 0 Å². The molecule has 0 aliphatic carbocycles. The maximum atomic E-state index is 12.5. The summed E-state index contributed by atoms with van der Waals surface area (Å²) in [5.41, 5.74) is -1.29. The summed E-state index contributed by atoms with van der Waals surface area (Å²) in [6.45, 7) is 2.93. The summed E-state index contributed by atoms with van der Waals surface area (Å²) < 4.78 is 25.9. The first-order valence-electron chi connectivity index (χ1n) is 6.23. The first kappa shape index (κ1) is 15.0. The summed E-state index contributed by atoms with van der Waals surface area (Å²) in [5, 5.41) is 18.5. The molecule has 1 aromatic carbocycles. The SMILES string of the molecule is CC(C)c1ccccc1S(=O)(=O)N1CC(O)(C(=O)O)C1. The summed E-state index contributed by atoms with van der Waals surface area (Å²) in [6.07, 6.45) is 0. The maximum Gasteiger partial charge on any atom is 0.338 e. The Hall–Kier alpha value is -1.44. The van der Waals surface area contributed by atoms with Gasteiger partial charge in [-0.1, -0.05) is 32.0 Å². The summed E-state index contributed by atoms with van der Waals surface area (Å²) in [4.78, 5) is 11.0. The van der Waals surface area contributed by atoms with Crippen LogP contribution < -0.4 is 0 Å². The van der Waals surface area contributed by atoms with Crippen molar-refractivity contribution in [2.75, 3.05) is 13.1 Å². The van der Waals surface area contributed by atoms with Crippen LogP contribution in [-0.2, 0) is 14.8 Å². The van der Waals surface area contributed by atoms with Crippen molar-refractivity contribution in [2.45, 2.75) is 30.3 Å². The number of carboxylic acids is 1. The van der Waals surface area contributed by atoms with Crippen molar-refractivity contribution in [1.82, 2.24) is 4.31 Å². The number of sulfonamides is 1. The first-order valence-corrected chi connectivity index (χ1v) is 7.67. The monoisotopic (exact) mass is 299 g/mol. The molecule has 1 aromatic rings. The van der Waals surface area contributed by atoms with Gasteiger partial charge in [0, 0.05) is 0 Å². The van der Waals surface area contributed by atoms with Gasteiger partial charge in [0.25, 0.3) is 0 Å². The zero-order valence-corrected chi connectivity index (χ0v) is 12.1. The number of nitrogens with zero attached hydrogens (tertiary/aromatic N) is 1. The van der Waals surface area contributed by atoms with Crippen LogP contribution in [0.5, 0.6) is 0 Å². The van der Waals surface area contributed by atoms with E-state index in [0.29, 0.717) is 5.56 Å². The number of aliphatic carboxylic acids is 1. The Balaban J connectivity index is 2.33. The van der Waals surface area contributed by atoms with Crippen LogP contribution in [0, 0.1) is 0 Å². The normalized spacial score (nSPS) is 18.8. The van der Waals surface area contributed by atoms with E-state index in [1.807, 2.05) is 13.8 Å². The second-order valence-electron chi connectivity index (χ2n) is 5.30. The smallest absolute Gasteiger partial charge is 0.338 e. The third kappa shape index (κ3) is 2.32. The van der Waals surface area contributed by atoms with Gasteiger partial charge in [-0.05, 0) is 17.5 Å². The van der Waals surface area contributed by atoms with Gasteiger partial charge in [0.05, 0.1) is 18.0 Å². The molecule has 7 heteroatoms. The third-order valence-electron chi connectivity index (χ3n) is 3.43. The van der Waals surface area contributed by atoms with E-state index in [9.17, 15) is 18.3 Å². The van der Waals surface area contributed by atoms with Gasteiger partial charge in [-0.25, -0.2) is 13.2 Å². The first-order chi connectivity index (χ1) is 9.18. The Morgan fingerprint density at radius 3 is 2.35 bits per heavy atom. The molecule has 2 N–H and O–H groups in total. The van der Waals surface area contributed by atoms with Gasteiger partial charge in [-0.3, -0.25) is 0 Å². The number of carbonyl (C=O) groups is 1. The van der Waals surface area contributed by atoms with E-state index in [1.165, 1.54) is 6.07 Å². The molecule has 0 atom stereocenters. The lowest BCUT2D eigenvalue weighted by Crippen LogP contribution is -2.67. The Morgan fingerprint density at radius 1 is 1.30 bits per heavy atom. The Kier molecular flexibility index (Phi) is 3.62. The van der Waals surface area contributed by atoms with Gasteiger partial charge >= 0.3 is 5.97 Å². The standard InChI is InChI=1S/C13H17NO5S/c1-9(2)10-5-3-4-6-11(10)20(18,19)14-7-13(17,8-14)12(15)16/h3-6,9,17H,7-8H2,1-2H3,(H,15,16). The zero-order valence-electron chi connectivity index (χ0n) is 11.3. The van der Waals surface area contributed by atoms with E-state index >= 15 is 0 Å². The van der Waals surface area contributed by atoms with Crippen LogP contribution in [0.15, 0.2) is 29.2 Å². The predicted octanol–water partition coefficient (Wildman–Crippen LogP) is 0.630. The second-order valence-corrected chi connectivity index (χ2v) is 7.21. The van der Waals surface area contributed by atoms with Crippen molar-refractivity contribution in [3.63, 3.8) is 0 Å². The average molecular weight is 299 g/mol. The minimum absolute atomic E-state index is 0.0283. The number of rotatable bonds is 4. The molecule has 110 valence electrons. The highest BCUT2D eigenvalue weighted by molar-refractivity contribution is 7.89. The van der Waals surface area contributed by atoms with E-state index in [4.69, 9.17) is 5.11 Å². The van der Waals surface area contributed by atoms with Crippen LogP contribution in [0.2, 0.25) is 0 Å². The molecule has 2 rings (SSSR count). The van der Waals surface area contributed by atoms with Gasteiger partial charge in [-0.2, -0.15) is 4.31 Å². The van der Waals surface area contributed by atoms with Crippen molar-refractivity contribution in [1.29, 1.82) is 0 Å². The number of carboxylic acid groups (broad SMARTS) is 1. The number of benzene rings is 1. The molecule has 0 bridgehead atoms. The number of β-amino-alcohol motifs (C(OH)–C–C–N with tert-alkyl or cyclic N) is 1. The molecule has 0 spiro atoms. The highest BCUT2D eigenvalue weighted by Crippen LogP contribution is 2.32. The fraction of sp³-hybridized carbons (Fsp3) is 0.462.